The van der Waals surface area contributed by atoms with Crippen molar-refractivity contribution in [2.24, 2.45) is 5.92 Å². The third-order valence-corrected chi connectivity index (χ3v) is 4.55. The van der Waals surface area contributed by atoms with Crippen LogP contribution in [0.25, 0.3) is 0 Å². The molecule has 4 nitrogen and oxygen atoms in total. The lowest BCUT2D eigenvalue weighted by molar-refractivity contribution is 0.576. The molecule has 2 unspecified atom stereocenters. The third kappa shape index (κ3) is 2.65. The molecule has 0 bridgehead atoms. The molecule has 17 heavy (non-hydrogen) atoms. The van der Waals surface area contributed by atoms with Crippen molar-refractivity contribution in [3.8, 4) is 6.07 Å². The highest BCUT2D eigenvalue weighted by molar-refractivity contribution is 7.89. The van der Waals surface area contributed by atoms with Crippen molar-refractivity contribution in [3.63, 3.8) is 0 Å². The first-order valence-electron chi connectivity index (χ1n) is 5.59. The predicted octanol–water partition coefficient (Wildman–Crippen LogP) is 1.64. The van der Waals surface area contributed by atoms with Gasteiger partial charge in [0.25, 0.3) is 0 Å². The maximum absolute atomic E-state index is 11.9. The molecule has 2 atom stereocenters. The monoisotopic (exact) mass is 250 g/mol. The van der Waals surface area contributed by atoms with Crippen molar-refractivity contribution in [1.82, 2.24) is 4.72 Å². The number of sulfonamides is 1. The summed E-state index contributed by atoms with van der Waals surface area (Å²) in [6.45, 7) is 2.06. The zero-order chi connectivity index (χ0) is 12.5. The summed E-state index contributed by atoms with van der Waals surface area (Å²) in [7, 11) is -3.42. The van der Waals surface area contributed by atoms with Crippen molar-refractivity contribution >= 4 is 10.0 Å². The van der Waals surface area contributed by atoms with Crippen LogP contribution in [-0.4, -0.2) is 14.5 Å². The van der Waals surface area contributed by atoms with Gasteiger partial charge in [-0.3, -0.25) is 0 Å². The van der Waals surface area contributed by atoms with E-state index in [1.807, 2.05) is 6.07 Å². The van der Waals surface area contributed by atoms with Gasteiger partial charge in [0, 0.05) is 6.04 Å². The standard InChI is InChI=1S/C12H14N2O2S/c1-2-10-7-12(10)14-17(15,16)11-5-3-9(8-13)4-6-11/h3-6,10,12,14H,2,7H2,1H3. The largest absolute Gasteiger partial charge is 0.240 e. The minimum atomic E-state index is -3.42. The summed E-state index contributed by atoms with van der Waals surface area (Å²) < 4.78 is 26.6. The average Bonchev–Trinajstić information content (AvgIpc) is 3.07. The molecule has 2 rings (SSSR count). The Hall–Kier alpha value is -1.38. The molecule has 1 aliphatic carbocycles. The van der Waals surface area contributed by atoms with Gasteiger partial charge in [0.05, 0.1) is 16.5 Å². The zero-order valence-corrected chi connectivity index (χ0v) is 10.4. The lowest BCUT2D eigenvalue weighted by Gasteiger charge is -2.05. The Labute approximate surface area is 101 Å². The highest BCUT2D eigenvalue weighted by Gasteiger charge is 2.38. The first kappa shape index (κ1) is 12.1. The quantitative estimate of drug-likeness (QED) is 0.883. The lowest BCUT2D eigenvalue weighted by Crippen LogP contribution is -2.27. The number of nitrogens with zero attached hydrogens (tertiary/aromatic N) is 1. The summed E-state index contributed by atoms with van der Waals surface area (Å²) in [5.74, 6) is 0.475. The van der Waals surface area contributed by atoms with E-state index in [2.05, 4.69) is 11.6 Å². The van der Waals surface area contributed by atoms with E-state index in [1.54, 1.807) is 0 Å². The number of hydrogen-bond donors (Lipinski definition) is 1. The second-order valence-electron chi connectivity index (χ2n) is 4.27. The summed E-state index contributed by atoms with van der Waals surface area (Å²) in [5, 5.41) is 8.64. The number of nitrogens with one attached hydrogen (secondary N) is 1. The summed E-state index contributed by atoms with van der Waals surface area (Å²) in [6.07, 6.45) is 1.92. The van der Waals surface area contributed by atoms with E-state index in [0.29, 0.717) is 11.5 Å². The van der Waals surface area contributed by atoms with E-state index in [-0.39, 0.29) is 10.9 Å². The van der Waals surface area contributed by atoms with Crippen LogP contribution in [-0.2, 0) is 10.0 Å². The van der Waals surface area contributed by atoms with Gasteiger partial charge < -0.3 is 0 Å². The fourth-order valence-corrected chi connectivity index (χ4v) is 3.14. The van der Waals surface area contributed by atoms with E-state index < -0.39 is 10.0 Å². The molecule has 1 aliphatic rings. The first-order valence-corrected chi connectivity index (χ1v) is 7.07. The van der Waals surface area contributed by atoms with E-state index in [0.717, 1.165) is 12.8 Å². The number of rotatable bonds is 4. The molecule has 0 aromatic heterocycles. The van der Waals surface area contributed by atoms with E-state index >= 15 is 0 Å². The van der Waals surface area contributed by atoms with Crippen LogP contribution in [0.2, 0.25) is 0 Å². The predicted molar refractivity (Wildman–Crippen MR) is 63.7 cm³/mol. The molecule has 1 fully saturated rings. The molecular weight excluding hydrogens is 236 g/mol. The summed E-state index contributed by atoms with van der Waals surface area (Å²) >= 11 is 0. The van der Waals surface area contributed by atoms with Gasteiger partial charge in [-0.2, -0.15) is 5.26 Å². The maximum atomic E-state index is 11.9. The van der Waals surface area contributed by atoms with Crippen molar-refractivity contribution in [3.05, 3.63) is 29.8 Å². The summed E-state index contributed by atoms with van der Waals surface area (Å²) in [6, 6.07) is 7.99. The molecule has 1 aromatic carbocycles. The van der Waals surface area contributed by atoms with E-state index in [9.17, 15) is 8.42 Å². The van der Waals surface area contributed by atoms with Crippen molar-refractivity contribution < 1.29 is 8.42 Å². The molecule has 1 saturated carbocycles. The molecule has 1 aromatic rings. The third-order valence-electron chi connectivity index (χ3n) is 3.05. The van der Waals surface area contributed by atoms with Crippen LogP contribution < -0.4 is 4.72 Å². The van der Waals surface area contributed by atoms with Gasteiger partial charge in [-0.05, 0) is 36.6 Å². The molecule has 5 heteroatoms. The van der Waals surface area contributed by atoms with Gasteiger partial charge in [-0.1, -0.05) is 13.3 Å². The van der Waals surface area contributed by atoms with Crippen LogP contribution in [0.5, 0.6) is 0 Å². The van der Waals surface area contributed by atoms with Gasteiger partial charge in [0.1, 0.15) is 0 Å². The molecule has 0 amide bonds. The second-order valence-corrected chi connectivity index (χ2v) is 5.98. The van der Waals surface area contributed by atoms with Crippen molar-refractivity contribution in [2.45, 2.75) is 30.7 Å². The van der Waals surface area contributed by atoms with Crippen LogP contribution in [0, 0.1) is 17.2 Å². The molecule has 0 saturated heterocycles. The Morgan fingerprint density at radius 1 is 1.41 bits per heavy atom. The van der Waals surface area contributed by atoms with Gasteiger partial charge in [-0.25, -0.2) is 13.1 Å². The minimum absolute atomic E-state index is 0.0839. The summed E-state index contributed by atoms with van der Waals surface area (Å²) in [5.41, 5.74) is 0.460. The molecule has 0 heterocycles. The van der Waals surface area contributed by atoms with Gasteiger partial charge in [0.2, 0.25) is 10.0 Å². The SMILES string of the molecule is CCC1CC1NS(=O)(=O)c1ccc(C#N)cc1. The number of hydrogen-bond acceptors (Lipinski definition) is 3. The molecule has 0 spiro atoms. The van der Waals surface area contributed by atoms with Crippen LogP contribution in [0.3, 0.4) is 0 Å². The van der Waals surface area contributed by atoms with Gasteiger partial charge >= 0.3 is 0 Å². The van der Waals surface area contributed by atoms with Crippen LogP contribution in [0.1, 0.15) is 25.3 Å². The fourth-order valence-electron chi connectivity index (χ4n) is 1.82. The second kappa shape index (κ2) is 4.47. The molecule has 0 radical (unpaired) electrons. The fraction of sp³-hybridized carbons (Fsp3) is 0.417. The van der Waals surface area contributed by atoms with Gasteiger partial charge in [0.15, 0.2) is 0 Å². The lowest BCUT2D eigenvalue weighted by atomic mass is 10.2. The molecular formula is C12H14N2O2S. The van der Waals surface area contributed by atoms with E-state index in [4.69, 9.17) is 5.26 Å². The normalized spacial score (nSPS) is 23.1. The Bertz CT molecular complexity index is 543. The van der Waals surface area contributed by atoms with Crippen molar-refractivity contribution in [1.29, 1.82) is 5.26 Å². The Balaban J connectivity index is 2.12. The Morgan fingerprint density at radius 3 is 2.53 bits per heavy atom. The van der Waals surface area contributed by atoms with Crippen LogP contribution in [0.15, 0.2) is 29.2 Å². The Kier molecular flexibility index (Phi) is 3.18. The van der Waals surface area contributed by atoms with Crippen LogP contribution >= 0.6 is 0 Å². The summed E-state index contributed by atoms with van der Waals surface area (Å²) in [4.78, 5) is 0.221. The van der Waals surface area contributed by atoms with Crippen LogP contribution in [0.4, 0.5) is 0 Å². The first-order chi connectivity index (χ1) is 8.06. The molecule has 1 N–H and O–H groups in total. The zero-order valence-electron chi connectivity index (χ0n) is 9.55. The molecule has 0 aliphatic heterocycles. The number of benzene rings is 1. The average molecular weight is 250 g/mol. The van der Waals surface area contributed by atoms with Gasteiger partial charge in [-0.15, -0.1) is 0 Å². The highest BCUT2D eigenvalue weighted by Crippen LogP contribution is 2.34. The van der Waals surface area contributed by atoms with E-state index in [1.165, 1.54) is 24.3 Å². The number of nitriles is 1. The Morgan fingerprint density at radius 2 is 2.06 bits per heavy atom. The minimum Gasteiger partial charge on any atom is -0.208 e. The van der Waals surface area contributed by atoms with Crippen molar-refractivity contribution in [2.75, 3.05) is 0 Å². The maximum Gasteiger partial charge on any atom is 0.240 e. The smallest absolute Gasteiger partial charge is 0.208 e. The molecule has 90 valence electrons. The topological polar surface area (TPSA) is 70.0 Å². The highest BCUT2D eigenvalue weighted by atomic mass is 32.2.